The first-order chi connectivity index (χ1) is 11.0. The number of hydrogen-bond donors (Lipinski definition) is 0. The molecule has 0 spiro atoms. The minimum absolute atomic E-state index is 0.307. The first-order valence-corrected chi connectivity index (χ1v) is 8.16. The summed E-state index contributed by atoms with van der Waals surface area (Å²) in [6.45, 7) is 10.3. The van der Waals surface area contributed by atoms with Crippen molar-refractivity contribution in [3.8, 4) is 0 Å². The molecule has 1 aromatic rings. The maximum Gasteiger partial charge on any atom is 0.338 e. The van der Waals surface area contributed by atoms with Crippen molar-refractivity contribution in [3.05, 3.63) is 35.9 Å². The topological polar surface area (TPSA) is 54.0 Å². The highest BCUT2D eigenvalue weighted by atomic mass is 16.8. The third-order valence-corrected chi connectivity index (χ3v) is 3.16. The highest BCUT2D eigenvalue weighted by molar-refractivity contribution is 5.75. The lowest BCUT2D eigenvalue weighted by Crippen LogP contribution is -2.40. The maximum atomic E-state index is 12.1. The molecule has 5 nitrogen and oxygen atoms in total. The summed E-state index contributed by atoms with van der Waals surface area (Å²) >= 11 is 0. The van der Waals surface area contributed by atoms with Crippen LogP contribution in [0.15, 0.2) is 30.3 Å². The molecule has 1 fully saturated rings. The lowest BCUT2D eigenvalue weighted by molar-refractivity contribution is -0.180. The number of hydrogen-bond acceptors (Lipinski definition) is 5. The largest absolute Gasteiger partial charge is 0.464 e. The van der Waals surface area contributed by atoms with Gasteiger partial charge in [0.1, 0.15) is 6.10 Å². The van der Waals surface area contributed by atoms with E-state index in [0.717, 1.165) is 5.56 Å². The summed E-state index contributed by atoms with van der Waals surface area (Å²) in [4.78, 5) is 12.1. The van der Waals surface area contributed by atoms with Gasteiger partial charge in [-0.15, -0.1) is 0 Å². The van der Waals surface area contributed by atoms with Crippen LogP contribution in [0.3, 0.4) is 0 Å². The molecule has 0 radical (unpaired) electrons. The maximum absolute atomic E-state index is 12.1. The van der Waals surface area contributed by atoms with Gasteiger partial charge in [0.25, 0.3) is 0 Å². The molecule has 2 atom stereocenters. The average molecular weight is 324 g/mol. The molecule has 130 valence electrons. The molecule has 23 heavy (non-hydrogen) atoms. The highest BCUT2D eigenvalue weighted by Crippen LogP contribution is 2.26. The number of ether oxygens (including phenoxy) is 4. The molecule has 1 aromatic carbocycles. The second kappa shape index (κ2) is 9.65. The van der Waals surface area contributed by atoms with Crippen LogP contribution in [0, 0.1) is 0 Å². The minimum Gasteiger partial charge on any atom is -0.464 e. The van der Waals surface area contributed by atoms with Crippen molar-refractivity contribution in [2.24, 2.45) is 0 Å². The summed E-state index contributed by atoms with van der Waals surface area (Å²) in [5, 5.41) is 0. The van der Waals surface area contributed by atoms with Crippen LogP contribution in [-0.4, -0.2) is 37.2 Å². The second-order valence-corrected chi connectivity index (χ2v) is 5.34. The first kappa shape index (κ1) is 19.6. The highest BCUT2D eigenvalue weighted by Gasteiger charge is 2.41. The molecule has 1 aliphatic rings. The van der Waals surface area contributed by atoms with Gasteiger partial charge in [-0.1, -0.05) is 44.2 Å². The second-order valence-electron chi connectivity index (χ2n) is 5.34. The number of esters is 1. The van der Waals surface area contributed by atoms with Crippen LogP contribution in [0.2, 0.25) is 0 Å². The molecule has 1 saturated heterocycles. The summed E-state index contributed by atoms with van der Waals surface area (Å²) in [7, 11) is 0. The van der Waals surface area contributed by atoms with Crippen LogP contribution in [-0.2, 0) is 30.3 Å². The van der Waals surface area contributed by atoms with Crippen molar-refractivity contribution >= 4 is 5.97 Å². The first-order valence-electron chi connectivity index (χ1n) is 8.16. The Kier molecular flexibility index (Phi) is 8.23. The Bertz CT molecular complexity index is 458. The Morgan fingerprint density at radius 1 is 1.30 bits per heavy atom. The number of carbonyl (C=O) groups excluding carboxylic acids is 1. The average Bonchev–Trinajstić information content (AvgIpc) is 2.91. The van der Waals surface area contributed by atoms with E-state index in [1.54, 1.807) is 6.92 Å². The smallest absolute Gasteiger partial charge is 0.338 e. The van der Waals surface area contributed by atoms with Gasteiger partial charge < -0.3 is 18.9 Å². The monoisotopic (exact) mass is 324 g/mol. The predicted octanol–water partition coefficient (Wildman–Crippen LogP) is 3.31. The van der Waals surface area contributed by atoms with Crippen molar-refractivity contribution in [3.63, 3.8) is 0 Å². The summed E-state index contributed by atoms with van der Waals surface area (Å²) in [5.74, 6) is -1.12. The van der Waals surface area contributed by atoms with Gasteiger partial charge in [0.2, 0.25) is 0 Å². The van der Waals surface area contributed by atoms with Crippen LogP contribution in [0.4, 0.5) is 0 Å². The quantitative estimate of drug-likeness (QED) is 0.751. The van der Waals surface area contributed by atoms with Gasteiger partial charge in [-0.3, -0.25) is 0 Å². The van der Waals surface area contributed by atoms with Crippen LogP contribution in [0.1, 0.15) is 40.2 Å². The summed E-state index contributed by atoms with van der Waals surface area (Å²) in [6, 6.07) is 9.67. The molecular formula is C18H28O5. The van der Waals surface area contributed by atoms with E-state index >= 15 is 0 Å². The van der Waals surface area contributed by atoms with E-state index < -0.39 is 24.0 Å². The molecular weight excluding hydrogens is 296 g/mol. The van der Waals surface area contributed by atoms with Gasteiger partial charge in [-0.05, 0) is 26.3 Å². The fourth-order valence-electron chi connectivity index (χ4n) is 2.18. The molecule has 2 rings (SSSR count). The van der Waals surface area contributed by atoms with Gasteiger partial charge in [0.15, 0.2) is 11.9 Å². The fraction of sp³-hybridized carbons (Fsp3) is 0.611. The Balaban J connectivity index is 0.00000127. The van der Waals surface area contributed by atoms with Gasteiger partial charge in [-0.2, -0.15) is 0 Å². The van der Waals surface area contributed by atoms with Gasteiger partial charge in [0.05, 0.1) is 19.8 Å². The van der Waals surface area contributed by atoms with E-state index in [9.17, 15) is 4.79 Å². The van der Waals surface area contributed by atoms with Crippen LogP contribution in [0.25, 0.3) is 0 Å². The zero-order valence-electron chi connectivity index (χ0n) is 14.7. The van der Waals surface area contributed by atoms with Crippen molar-refractivity contribution < 1.29 is 23.7 Å². The lowest BCUT2D eigenvalue weighted by atomic mass is 10.2. The fourth-order valence-corrected chi connectivity index (χ4v) is 2.18. The predicted molar refractivity (Wildman–Crippen MR) is 87.9 cm³/mol. The lowest BCUT2D eigenvalue weighted by Gasteiger charge is -2.23. The van der Waals surface area contributed by atoms with Gasteiger partial charge in [0, 0.05) is 0 Å². The van der Waals surface area contributed by atoms with E-state index in [1.807, 2.05) is 58.0 Å². The Labute approximate surface area is 138 Å². The van der Waals surface area contributed by atoms with E-state index in [0.29, 0.717) is 19.8 Å². The summed E-state index contributed by atoms with van der Waals surface area (Å²) in [6.07, 6.45) is -1.24. The number of rotatable bonds is 6. The Morgan fingerprint density at radius 2 is 1.96 bits per heavy atom. The summed E-state index contributed by atoms with van der Waals surface area (Å²) < 4.78 is 22.0. The third-order valence-electron chi connectivity index (χ3n) is 3.16. The van der Waals surface area contributed by atoms with Crippen LogP contribution >= 0.6 is 0 Å². The molecule has 0 amide bonds. The molecule has 0 unspecified atom stereocenters. The molecule has 0 saturated carbocycles. The zero-order valence-corrected chi connectivity index (χ0v) is 14.7. The zero-order chi connectivity index (χ0) is 17.3. The minimum atomic E-state index is -0.785. The molecule has 5 heteroatoms. The standard InChI is InChI=1S/C16H22O5.C2H6/c1-4-18-15(17)14(13-11-20-16(2,3)21-13)19-10-12-8-6-5-7-9-12;1-2/h5-9,13-14H,4,10-11H2,1-3H3;1-2H3/t13-,14-;/m1./s1. The van der Waals surface area contributed by atoms with Crippen molar-refractivity contribution in [1.29, 1.82) is 0 Å². The summed E-state index contributed by atoms with van der Waals surface area (Å²) in [5.41, 5.74) is 0.991. The van der Waals surface area contributed by atoms with Crippen molar-refractivity contribution in [1.82, 2.24) is 0 Å². The molecule has 0 aliphatic carbocycles. The normalized spacial score (nSPS) is 20.3. The molecule has 0 N–H and O–H groups in total. The number of carbonyl (C=O) groups is 1. The van der Waals surface area contributed by atoms with E-state index in [1.165, 1.54) is 0 Å². The molecule has 0 aromatic heterocycles. The van der Waals surface area contributed by atoms with Crippen LogP contribution < -0.4 is 0 Å². The third kappa shape index (κ3) is 6.29. The van der Waals surface area contributed by atoms with E-state index in [-0.39, 0.29) is 0 Å². The SMILES string of the molecule is CC.CCOC(=O)[C@H](OCc1ccccc1)[C@H]1COC(C)(C)O1. The Morgan fingerprint density at radius 3 is 2.48 bits per heavy atom. The van der Waals surface area contributed by atoms with Crippen molar-refractivity contribution in [2.75, 3.05) is 13.2 Å². The van der Waals surface area contributed by atoms with E-state index in [4.69, 9.17) is 18.9 Å². The Hall–Kier alpha value is -1.43. The molecule has 1 aliphatic heterocycles. The van der Waals surface area contributed by atoms with E-state index in [2.05, 4.69) is 0 Å². The van der Waals surface area contributed by atoms with Gasteiger partial charge >= 0.3 is 5.97 Å². The van der Waals surface area contributed by atoms with Crippen LogP contribution in [0.5, 0.6) is 0 Å². The number of benzene rings is 1. The molecule has 1 heterocycles. The van der Waals surface area contributed by atoms with Crippen molar-refractivity contribution in [2.45, 2.75) is 59.2 Å². The van der Waals surface area contributed by atoms with Gasteiger partial charge in [-0.25, -0.2) is 4.79 Å². The molecule has 0 bridgehead atoms.